The minimum atomic E-state index is -2.33. The van der Waals surface area contributed by atoms with Crippen molar-refractivity contribution in [2.45, 2.75) is 18.6 Å². The second-order valence-corrected chi connectivity index (χ2v) is 3.67. The van der Waals surface area contributed by atoms with Crippen LogP contribution in [0.25, 0.3) is 0 Å². The molecule has 0 aromatic carbocycles. The van der Waals surface area contributed by atoms with Crippen LogP contribution in [0.1, 0.15) is 12.8 Å². The second kappa shape index (κ2) is 3.61. The zero-order valence-electron chi connectivity index (χ0n) is 7.73. The van der Waals surface area contributed by atoms with Crippen molar-refractivity contribution in [3.05, 3.63) is 0 Å². The number of hydrogen-bond donors (Lipinski definition) is 3. The van der Waals surface area contributed by atoms with Gasteiger partial charge in [-0.25, -0.2) is 0 Å². The van der Waals surface area contributed by atoms with Gasteiger partial charge in [-0.3, -0.25) is 4.79 Å². The van der Waals surface area contributed by atoms with E-state index >= 15 is 0 Å². The Morgan fingerprint density at radius 3 is 2.31 bits per heavy atom. The van der Waals surface area contributed by atoms with E-state index in [9.17, 15) is 15.0 Å². The number of carbonyl (C=O) groups is 1. The van der Waals surface area contributed by atoms with E-state index < -0.39 is 17.6 Å². The van der Waals surface area contributed by atoms with Gasteiger partial charge in [0.25, 0.3) is 5.91 Å². The van der Waals surface area contributed by atoms with Crippen LogP contribution in [0.4, 0.5) is 0 Å². The molecule has 1 amide bonds. The standard InChI is InChI=1S/C8H16N2O3/c1-10-4-2-6(3-5-10)8(12,13)7(9)11/h6,12-13H,2-5H2,1H3,(H2,9,11). The maximum absolute atomic E-state index is 10.7. The Morgan fingerprint density at radius 1 is 1.46 bits per heavy atom. The monoisotopic (exact) mass is 188 g/mol. The van der Waals surface area contributed by atoms with E-state index in [4.69, 9.17) is 5.73 Å². The van der Waals surface area contributed by atoms with Crippen molar-refractivity contribution in [3.63, 3.8) is 0 Å². The molecule has 4 N–H and O–H groups in total. The van der Waals surface area contributed by atoms with E-state index in [0.717, 1.165) is 13.1 Å². The smallest absolute Gasteiger partial charge is 0.277 e. The van der Waals surface area contributed by atoms with E-state index in [1.165, 1.54) is 0 Å². The molecule has 0 atom stereocenters. The SMILES string of the molecule is CN1CCC(C(O)(O)C(N)=O)CC1. The maximum Gasteiger partial charge on any atom is 0.277 e. The first-order valence-electron chi connectivity index (χ1n) is 4.37. The number of nitrogens with two attached hydrogens (primary N) is 1. The first-order valence-corrected chi connectivity index (χ1v) is 4.37. The zero-order valence-corrected chi connectivity index (χ0v) is 7.73. The Bertz CT molecular complexity index is 198. The topological polar surface area (TPSA) is 86.8 Å². The number of likely N-dealkylation sites (tertiary alicyclic amines) is 1. The summed E-state index contributed by atoms with van der Waals surface area (Å²) in [6.45, 7) is 1.53. The predicted molar refractivity (Wildman–Crippen MR) is 46.6 cm³/mol. The van der Waals surface area contributed by atoms with Gasteiger partial charge in [0.15, 0.2) is 0 Å². The molecule has 0 aromatic heterocycles. The lowest BCUT2D eigenvalue weighted by Gasteiger charge is -2.34. The second-order valence-electron chi connectivity index (χ2n) is 3.67. The average Bonchev–Trinajstić information content (AvgIpc) is 2.04. The van der Waals surface area contributed by atoms with Crippen LogP contribution in [-0.2, 0) is 4.79 Å². The summed E-state index contributed by atoms with van der Waals surface area (Å²) in [5, 5.41) is 18.7. The van der Waals surface area contributed by atoms with Gasteiger partial charge in [0.2, 0.25) is 5.79 Å². The summed E-state index contributed by atoms with van der Waals surface area (Å²) in [4.78, 5) is 12.8. The lowest BCUT2D eigenvalue weighted by molar-refractivity contribution is -0.207. The molecule has 5 heteroatoms. The summed E-state index contributed by atoms with van der Waals surface area (Å²) in [7, 11) is 1.96. The van der Waals surface area contributed by atoms with E-state index in [-0.39, 0.29) is 0 Å². The molecule has 1 rings (SSSR count). The van der Waals surface area contributed by atoms with Gasteiger partial charge in [-0.1, -0.05) is 0 Å². The molecule has 0 saturated carbocycles. The molecule has 0 bridgehead atoms. The fourth-order valence-corrected chi connectivity index (χ4v) is 1.61. The maximum atomic E-state index is 10.7. The minimum absolute atomic E-state index is 0.429. The van der Waals surface area contributed by atoms with Crippen LogP contribution in [0.2, 0.25) is 0 Å². The number of piperidine rings is 1. The number of primary amides is 1. The van der Waals surface area contributed by atoms with Crippen LogP contribution in [-0.4, -0.2) is 46.9 Å². The van der Waals surface area contributed by atoms with Gasteiger partial charge < -0.3 is 20.8 Å². The molecule has 0 radical (unpaired) electrons. The van der Waals surface area contributed by atoms with Gasteiger partial charge in [0.05, 0.1) is 0 Å². The molecule has 1 heterocycles. The number of amides is 1. The van der Waals surface area contributed by atoms with E-state index in [0.29, 0.717) is 12.8 Å². The lowest BCUT2D eigenvalue weighted by atomic mass is 9.88. The molecule has 1 aliphatic rings. The third-order valence-corrected chi connectivity index (χ3v) is 2.65. The Kier molecular flexibility index (Phi) is 2.90. The van der Waals surface area contributed by atoms with Crippen LogP contribution in [0.5, 0.6) is 0 Å². The average molecular weight is 188 g/mol. The third-order valence-electron chi connectivity index (χ3n) is 2.65. The molecule has 0 aromatic rings. The molecular formula is C8H16N2O3. The van der Waals surface area contributed by atoms with Crippen LogP contribution < -0.4 is 5.73 Å². The van der Waals surface area contributed by atoms with Crippen LogP contribution in [0.3, 0.4) is 0 Å². The first-order chi connectivity index (χ1) is 5.94. The first kappa shape index (κ1) is 10.4. The minimum Gasteiger partial charge on any atom is -0.365 e. The van der Waals surface area contributed by atoms with Crippen molar-refractivity contribution >= 4 is 5.91 Å². The number of hydrogen-bond acceptors (Lipinski definition) is 4. The molecule has 1 fully saturated rings. The fraction of sp³-hybridized carbons (Fsp3) is 0.875. The van der Waals surface area contributed by atoms with Gasteiger partial charge >= 0.3 is 0 Å². The van der Waals surface area contributed by atoms with E-state index in [1.54, 1.807) is 0 Å². The predicted octanol–water partition coefficient (Wildman–Crippen LogP) is -1.51. The molecule has 0 aliphatic carbocycles. The lowest BCUT2D eigenvalue weighted by Crippen LogP contribution is -2.52. The van der Waals surface area contributed by atoms with E-state index in [1.807, 2.05) is 7.05 Å². The number of nitrogens with zero attached hydrogens (tertiary/aromatic N) is 1. The highest BCUT2D eigenvalue weighted by Gasteiger charge is 2.41. The Labute approximate surface area is 77.1 Å². The summed E-state index contributed by atoms with van der Waals surface area (Å²) in [5.41, 5.74) is 4.88. The molecule has 13 heavy (non-hydrogen) atoms. The van der Waals surface area contributed by atoms with Crippen molar-refractivity contribution in [2.24, 2.45) is 11.7 Å². The van der Waals surface area contributed by atoms with Crippen molar-refractivity contribution < 1.29 is 15.0 Å². The van der Waals surface area contributed by atoms with Crippen LogP contribution >= 0.6 is 0 Å². The van der Waals surface area contributed by atoms with Gasteiger partial charge in [0, 0.05) is 5.92 Å². The van der Waals surface area contributed by atoms with Crippen LogP contribution in [0.15, 0.2) is 0 Å². The highest BCUT2D eigenvalue weighted by molar-refractivity contribution is 5.81. The molecule has 1 saturated heterocycles. The third kappa shape index (κ3) is 2.18. The molecule has 5 nitrogen and oxygen atoms in total. The largest absolute Gasteiger partial charge is 0.365 e. The van der Waals surface area contributed by atoms with Crippen molar-refractivity contribution in [3.8, 4) is 0 Å². The fourth-order valence-electron chi connectivity index (χ4n) is 1.61. The van der Waals surface area contributed by atoms with Crippen molar-refractivity contribution in [1.82, 2.24) is 4.90 Å². The van der Waals surface area contributed by atoms with Gasteiger partial charge in [-0.2, -0.15) is 0 Å². The Morgan fingerprint density at radius 2 is 1.92 bits per heavy atom. The number of aliphatic hydroxyl groups is 2. The molecule has 76 valence electrons. The number of rotatable bonds is 2. The molecular weight excluding hydrogens is 172 g/mol. The van der Waals surface area contributed by atoms with Gasteiger partial charge in [-0.15, -0.1) is 0 Å². The molecule has 0 unspecified atom stereocenters. The summed E-state index contributed by atoms with van der Waals surface area (Å²) in [6.07, 6.45) is 1.18. The zero-order chi connectivity index (χ0) is 10.1. The summed E-state index contributed by atoms with van der Waals surface area (Å²) in [6, 6.07) is 0. The quantitative estimate of drug-likeness (QED) is 0.460. The van der Waals surface area contributed by atoms with Gasteiger partial charge in [0.1, 0.15) is 0 Å². The highest BCUT2D eigenvalue weighted by atomic mass is 16.5. The van der Waals surface area contributed by atoms with Crippen molar-refractivity contribution in [1.29, 1.82) is 0 Å². The Hall–Kier alpha value is -0.650. The molecule has 0 spiro atoms. The normalized spacial score (nSPS) is 21.8. The van der Waals surface area contributed by atoms with Gasteiger partial charge in [-0.05, 0) is 33.0 Å². The summed E-state index contributed by atoms with van der Waals surface area (Å²) in [5.74, 6) is -3.82. The van der Waals surface area contributed by atoms with Crippen molar-refractivity contribution in [2.75, 3.05) is 20.1 Å². The van der Waals surface area contributed by atoms with E-state index in [2.05, 4.69) is 4.90 Å². The molecule has 1 aliphatic heterocycles. The van der Waals surface area contributed by atoms with Crippen LogP contribution in [0, 0.1) is 5.92 Å². The summed E-state index contributed by atoms with van der Waals surface area (Å²) < 4.78 is 0. The highest BCUT2D eigenvalue weighted by Crippen LogP contribution is 2.25. The summed E-state index contributed by atoms with van der Waals surface area (Å²) >= 11 is 0. The Balaban J connectivity index is 2.58. The number of carbonyl (C=O) groups excluding carboxylic acids is 1.